The number of H-pyrrole nitrogens is 1. The normalized spacial score (nSPS) is 15.8. The van der Waals surface area contributed by atoms with Crippen molar-refractivity contribution < 1.29 is 4.79 Å². The van der Waals surface area contributed by atoms with Crippen LogP contribution < -0.4 is 4.90 Å². The maximum absolute atomic E-state index is 11.6. The molecule has 0 saturated carbocycles. The molecular weight excluding hydrogens is 238 g/mol. The number of aromatic amines is 1. The van der Waals surface area contributed by atoms with Gasteiger partial charge in [0, 0.05) is 49.0 Å². The summed E-state index contributed by atoms with van der Waals surface area (Å²) in [5.41, 5.74) is 2.39. The van der Waals surface area contributed by atoms with Crippen LogP contribution in [0.2, 0.25) is 0 Å². The van der Waals surface area contributed by atoms with Crippen LogP contribution in [0.15, 0.2) is 43.1 Å². The Hall–Kier alpha value is -2.23. The predicted octanol–water partition coefficient (Wildman–Crippen LogP) is 2.00. The fourth-order valence-corrected chi connectivity index (χ4v) is 2.64. The summed E-state index contributed by atoms with van der Waals surface area (Å²) < 4.78 is 0. The third kappa shape index (κ3) is 2.10. The van der Waals surface area contributed by atoms with E-state index in [0.717, 1.165) is 31.7 Å². The molecule has 4 heteroatoms. The third-order valence-corrected chi connectivity index (χ3v) is 3.68. The van der Waals surface area contributed by atoms with Gasteiger partial charge in [-0.2, -0.15) is 0 Å². The zero-order chi connectivity index (χ0) is 13.2. The van der Waals surface area contributed by atoms with Gasteiger partial charge in [-0.25, -0.2) is 0 Å². The van der Waals surface area contributed by atoms with Crippen LogP contribution in [0.1, 0.15) is 0 Å². The Morgan fingerprint density at radius 1 is 1.21 bits per heavy atom. The molecule has 0 spiro atoms. The number of hydrogen-bond donors (Lipinski definition) is 1. The van der Waals surface area contributed by atoms with Gasteiger partial charge in [-0.15, -0.1) is 0 Å². The molecule has 1 aromatic heterocycles. The van der Waals surface area contributed by atoms with Crippen molar-refractivity contribution in [1.29, 1.82) is 0 Å². The number of anilines is 1. The molecule has 4 nitrogen and oxygen atoms in total. The van der Waals surface area contributed by atoms with E-state index in [4.69, 9.17) is 0 Å². The summed E-state index contributed by atoms with van der Waals surface area (Å²) in [4.78, 5) is 19.0. The van der Waals surface area contributed by atoms with Gasteiger partial charge in [0.05, 0.1) is 0 Å². The van der Waals surface area contributed by atoms with Crippen molar-refractivity contribution in [1.82, 2.24) is 9.88 Å². The Kier molecular flexibility index (Phi) is 2.99. The average molecular weight is 255 g/mol. The third-order valence-electron chi connectivity index (χ3n) is 3.68. The van der Waals surface area contributed by atoms with Crippen LogP contribution in [0.5, 0.6) is 0 Å². The second-order valence-electron chi connectivity index (χ2n) is 4.73. The van der Waals surface area contributed by atoms with Crippen molar-refractivity contribution in [2.75, 3.05) is 31.1 Å². The van der Waals surface area contributed by atoms with E-state index in [9.17, 15) is 4.79 Å². The Morgan fingerprint density at radius 2 is 2.00 bits per heavy atom. The van der Waals surface area contributed by atoms with E-state index >= 15 is 0 Å². The molecule has 0 aliphatic carbocycles. The molecule has 0 bridgehead atoms. The average Bonchev–Trinajstić information content (AvgIpc) is 2.95. The van der Waals surface area contributed by atoms with Gasteiger partial charge in [0.25, 0.3) is 0 Å². The van der Waals surface area contributed by atoms with Gasteiger partial charge in [-0.1, -0.05) is 12.6 Å². The molecule has 2 aromatic rings. The van der Waals surface area contributed by atoms with Crippen LogP contribution in [-0.2, 0) is 4.79 Å². The van der Waals surface area contributed by atoms with Gasteiger partial charge >= 0.3 is 0 Å². The molecule has 0 atom stereocenters. The van der Waals surface area contributed by atoms with E-state index in [2.05, 4.69) is 40.7 Å². The van der Waals surface area contributed by atoms with Crippen LogP contribution >= 0.6 is 0 Å². The molecule has 98 valence electrons. The number of aromatic nitrogens is 1. The molecule has 1 fully saturated rings. The van der Waals surface area contributed by atoms with Crippen LogP contribution in [-0.4, -0.2) is 42.0 Å². The zero-order valence-electron chi connectivity index (χ0n) is 10.8. The van der Waals surface area contributed by atoms with Crippen molar-refractivity contribution >= 4 is 22.5 Å². The Balaban J connectivity index is 1.80. The molecule has 1 amide bonds. The highest BCUT2D eigenvalue weighted by Crippen LogP contribution is 2.26. The zero-order valence-corrected chi connectivity index (χ0v) is 10.8. The smallest absolute Gasteiger partial charge is 0.246 e. The lowest BCUT2D eigenvalue weighted by Gasteiger charge is -2.36. The Labute approximate surface area is 112 Å². The van der Waals surface area contributed by atoms with Crippen LogP contribution in [0.3, 0.4) is 0 Å². The first kappa shape index (κ1) is 11.8. The quantitative estimate of drug-likeness (QED) is 0.834. The van der Waals surface area contributed by atoms with Gasteiger partial charge in [0.1, 0.15) is 0 Å². The molecular formula is C15H17N3O. The highest BCUT2D eigenvalue weighted by atomic mass is 16.2. The van der Waals surface area contributed by atoms with Gasteiger partial charge in [-0.05, 0) is 24.3 Å². The summed E-state index contributed by atoms with van der Waals surface area (Å²) in [5, 5.41) is 1.24. The minimum atomic E-state index is 0.0273. The second-order valence-corrected chi connectivity index (χ2v) is 4.73. The van der Waals surface area contributed by atoms with Crippen LogP contribution in [0, 0.1) is 0 Å². The molecule has 1 saturated heterocycles. The minimum Gasteiger partial charge on any atom is -0.367 e. The van der Waals surface area contributed by atoms with Gasteiger partial charge in [-0.3, -0.25) is 4.79 Å². The maximum atomic E-state index is 11.6. The first-order valence-corrected chi connectivity index (χ1v) is 6.52. The van der Waals surface area contributed by atoms with E-state index in [0.29, 0.717) is 0 Å². The number of carbonyl (C=O) groups excluding carboxylic acids is 1. The number of amides is 1. The predicted molar refractivity (Wildman–Crippen MR) is 77.3 cm³/mol. The van der Waals surface area contributed by atoms with Crippen molar-refractivity contribution in [2.24, 2.45) is 0 Å². The molecule has 0 radical (unpaired) electrons. The minimum absolute atomic E-state index is 0.0273. The summed E-state index contributed by atoms with van der Waals surface area (Å²) >= 11 is 0. The molecule has 19 heavy (non-hydrogen) atoms. The summed E-state index contributed by atoms with van der Waals surface area (Å²) in [6, 6.07) is 8.39. The molecule has 1 aromatic carbocycles. The molecule has 2 heterocycles. The summed E-state index contributed by atoms with van der Waals surface area (Å²) in [5.74, 6) is 0.0273. The Bertz CT molecular complexity index is 609. The number of rotatable bonds is 2. The lowest BCUT2D eigenvalue weighted by Crippen LogP contribution is -2.48. The highest BCUT2D eigenvalue weighted by Gasteiger charge is 2.20. The first-order valence-electron chi connectivity index (χ1n) is 6.52. The molecule has 1 N–H and O–H groups in total. The molecule has 1 aliphatic heterocycles. The fourth-order valence-electron chi connectivity index (χ4n) is 2.64. The maximum Gasteiger partial charge on any atom is 0.246 e. The van der Waals surface area contributed by atoms with Crippen molar-refractivity contribution in [3.05, 3.63) is 43.1 Å². The van der Waals surface area contributed by atoms with Gasteiger partial charge in [0.2, 0.25) is 5.91 Å². The summed E-state index contributed by atoms with van der Waals surface area (Å²) in [6.45, 7) is 6.78. The second kappa shape index (κ2) is 4.80. The van der Waals surface area contributed by atoms with Crippen molar-refractivity contribution in [3.63, 3.8) is 0 Å². The number of hydrogen-bond acceptors (Lipinski definition) is 2. The highest BCUT2D eigenvalue weighted by molar-refractivity contribution is 5.92. The monoisotopic (exact) mass is 255 g/mol. The first-order chi connectivity index (χ1) is 9.29. The molecule has 3 rings (SSSR count). The summed E-state index contributed by atoms with van der Waals surface area (Å²) in [6.07, 6.45) is 3.36. The number of nitrogens with one attached hydrogen (secondary N) is 1. The number of benzene rings is 1. The van der Waals surface area contributed by atoms with E-state index < -0.39 is 0 Å². The van der Waals surface area contributed by atoms with Crippen molar-refractivity contribution in [3.8, 4) is 0 Å². The van der Waals surface area contributed by atoms with Crippen LogP contribution in [0.25, 0.3) is 10.9 Å². The number of nitrogens with zero attached hydrogens (tertiary/aromatic N) is 2. The van der Waals surface area contributed by atoms with E-state index in [1.165, 1.54) is 17.1 Å². The Morgan fingerprint density at radius 3 is 2.74 bits per heavy atom. The number of piperazine rings is 1. The standard InChI is InChI=1S/C15H17N3O/c1-2-15(19)18-10-8-17(9-11-18)14-5-3-4-13-12(14)6-7-16-13/h2-7,16H,1,8-11H2. The van der Waals surface area contributed by atoms with E-state index in [1.807, 2.05) is 11.1 Å². The topological polar surface area (TPSA) is 39.3 Å². The summed E-state index contributed by atoms with van der Waals surface area (Å²) in [7, 11) is 0. The number of carbonyl (C=O) groups is 1. The lowest BCUT2D eigenvalue weighted by molar-refractivity contribution is -0.126. The molecule has 1 aliphatic rings. The fraction of sp³-hybridized carbons (Fsp3) is 0.267. The van der Waals surface area contributed by atoms with E-state index in [-0.39, 0.29) is 5.91 Å². The number of fused-ring (bicyclic) bond motifs is 1. The lowest BCUT2D eigenvalue weighted by atomic mass is 10.1. The van der Waals surface area contributed by atoms with Crippen LogP contribution in [0.4, 0.5) is 5.69 Å². The van der Waals surface area contributed by atoms with Gasteiger partial charge < -0.3 is 14.8 Å². The molecule has 0 unspecified atom stereocenters. The van der Waals surface area contributed by atoms with E-state index in [1.54, 1.807) is 0 Å². The van der Waals surface area contributed by atoms with Gasteiger partial charge in [0.15, 0.2) is 0 Å². The van der Waals surface area contributed by atoms with Crippen molar-refractivity contribution in [2.45, 2.75) is 0 Å². The SMILES string of the molecule is C=CC(=O)N1CCN(c2cccc3[nH]ccc23)CC1. The largest absolute Gasteiger partial charge is 0.367 e.